The van der Waals surface area contributed by atoms with Gasteiger partial charge in [-0.05, 0) is 20.3 Å². The third-order valence-corrected chi connectivity index (χ3v) is 3.12. The van der Waals surface area contributed by atoms with Crippen molar-refractivity contribution in [1.82, 2.24) is 10.2 Å². The highest BCUT2D eigenvalue weighted by molar-refractivity contribution is 5.97. The van der Waals surface area contributed by atoms with E-state index in [2.05, 4.69) is 17.2 Å². The van der Waals surface area contributed by atoms with Gasteiger partial charge in [-0.3, -0.25) is 19.9 Å². The number of ether oxygens (including phenoxy) is 2. The molecule has 0 aromatic carbocycles. The first-order valence-electron chi connectivity index (χ1n) is 7.59. The summed E-state index contributed by atoms with van der Waals surface area (Å²) in [5, 5.41) is 14.0. The molecule has 0 bridgehead atoms. The molecule has 1 aliphatic heterocycles. The zero-order chi connectivity index (χ0) is 17.4. The van der Waals surface area contributed by atoms with E-state index in [0.29, 0.717) is 0 Å². The van der Waals surface area contributed by atoms with Crippen molar-refractivity contribution in [3.63, 3.8) is 0 Å². The summed E-state index contributed by atoms with van der Waals surface area (Å²) >= 11 is 0. The fourth-order valence-corrected chi connectivity index (χ4v) is 2.05. The SMILES string of the molecule is CCCC(C)OC1NC(=NCC(=O)OCC)C([N+](=O)[O-])=CN1C. The minimum absolute atomic E-state index is 0.00912. The number of aliphatic imine (C=N–C) groups is 1. The van der Waals surface area contributed by atoms with Crippen LogP contribution < -0.4 is 5.32 Å². The highest BCUT2D eigenvalue weighted by atomic mass is 16.6. The second kappa shape index (κ2) is 9.09. The Morgan fingerprint density at radius 1 is 1.57 bits per heavy atom. The molecule has 1 N–H and O–H groups in total. The van der Waals surface area contributed by atoms with E-state index in [4.69, 9.17) is 9.47 Å². The monoisotopic (exact) mass is 328 g/mol. The van der Waals surface area contributed by atoms with Gasteiger partial charge in [-0.25, -0.2) is 0 Å². The Balaban J connectivity index is 2.88. The van der Waals surface area contributed by atoms with E-state index in [0.717, 1.165) is 12.8 Å². The number of esters is 1. The van der Waals surface area contributed by atoms with Crippen LogP contribution in [0.25, 0.3) is 0 Å². The summed E-state index contributed by atoms with van der Waals surface area (Å²) in [5.41, 5.74) is -0.222. The fourth-order valence-electron chi connectivity index (χ4n) is 2.05. The lowest BCUT2D eigenvalue weighted by Gasteiger charge is -2.33. The number of rotatable bonds is 8. The van der Waals surface area contributed by atoms with Crippen LogP contribution in [0.4, 0.5) is 0 Å². The number of nitrogens with zero attached hydrogens (tertiary/aromatic N) is 3. The smallest absolute Gasteiger partial charge is 0.327 e. The molecule has 0 aromatic heterocycles. The molecule has 23 heavy (non-hydrogen) atoms. The second-order valence-corrected chi connectivity index (χ2v) is 5.14. The Labute approximate surface area is 135 Å². The standard InChI is InChI=1S/C14H24N4O5/c1-5-7-10(3)23-14-16-13(15-8-12(19)22-6-2)11(18(20)21)9-17(14)4/h9-10,14H,5-8H2,1-4H3,(H,15,16). The maximum absolute atomic E-state index is 11.4. The molecule has 0 fully saturated rings. The van der Waals surface area contributed by atoms with Gasteiger partial charge in [0.05, 0.1) is 23.8 Å². The van der Waals surface area contributed by atoms with Crippen molar-refractivity contribution < 1.29 is 19.2 Å². The molecule has 1 rings (SSSR count). The number of nitro groups is 1. The van der Waals surface area contributed by atoms with Crippen LogP contribution in [0, 0.1) is 10.1 Å². The van der Waals surface area contributed by atoms with Gasteiger partial charge in [0.1, 0.15) is 6.54 Å². The first kappa shape index (κ1) is 18.9. The molecular formula is C14H24N4O5. The van der Waals surface area contributed by atoms with Crippen molar-refractivity contribution in [3.8, 4) is 0 Å². The summed E-state index contributed by atoms with van der Waals surface area (Å²) in [6.07, 6.45) is 2.58. The fraction of sp³-hybridized carbons (Fsp3) is 0.714. The van der Waals surface area contributed by atoms with E-state index < -0.39 is 17.2 Å². The molecule has 0 amide bonds. The Morgan fingerprint density at radius 2 is 2.26 bits per heavy atom. The Hall–Kier alpha value is -2.16. The first-order valence-corrected chi connectivity index (χ1v) is 7.59. The zero-order valence-corrected chi connectivity index (χ0v) is 13.9. The highest BCUT2D eigenvalue weighted by Crippen LogP contribution is 2.14. The Kier molecular flexibility index (Phi) is 7.46. The van der Waals surface area contributed by atoms with Crippen LogP contribution in [0.5, 0.6) is 0 Å². The number of nitrogens with one attached hydrogen (secondary N) is 1. The predicted octanol–water partition coefficient (Wildman–Crippen LogP) is 1.09. The summed E-state index contributed by atoms with van der Waals surface area (Å²) < 4.78 is 10.6. The summed E-state index contributed by atoms with van der Waals surface area (Å²) in [7, 11) is 1.67. The zero-order valence-electron chi connectivity index (χ0n) is 13.9. The maximum Gasteiger partial charge on any atom is 0.327 e. The van der Waals surface area contributed by atoms with E-state index in [1.165, 1.54) is 6.20 Å². The molecule has 9 heteroatoms. The van der Waals surface area contributed by atoms with Gasteiger partial charge in [-0.15, -0.1) is 0 Å². The van der Waals surface area contributed by atoms with Crippen LogP contribution >= 0.6 is 0 Å². The Morgan fingerprint density at radius 3 is 2.83 bits per heavy atom. The average molecular weight is 328 g/mol. The molecule has 0 saturated heterocycles. The Bertz CT molecular complexity index is 492. The minimum Gasteiger partial charge on any atom is -0.465 e. The molecule has 1 heterocycles. The van der Waals surface area contributed by atoms with Gasteiger partial charge >= 0.3 is 11.7 Å². The topological polar surface area (TPSA) is 106 Å². The molecule has 0 spiro atoms. The van der Waals surface area contributed by atoms with Crippen molar-refractivity contribution in [2.45, 2.75) is 46.1 Å². The van der Waals surface area contributed by atoms with Gasteiger partial charge in [0, 0.05) is 7.05 Å². The van der Waals surface area contributed by atoms with Crippen LogP contribution in [0.2, 0.25) is 0 Å². The van der Waals surface area contributed by atoms with E-state index in [9.17, 15) is 14.9 Å². The van der Waals surface area contributed by atoms with Gasteiger partial charge in [0.25, 0.3) is 0 Å². The lowest BCUT2D eigenvalue weighted by Crippen LogP contribution is -2.52. The number of carbonyl (C=O) groups is 1. The van der Waals surface area contributed by atoms with Gasteiger partial charge < -0.3 is 19.7 Å². The minimum atomic E-state index is -0.582. The number of hydrogen-bond donors (Lipinski definition) is 1. The molecule has 130 valence electrons. The molecule has 9 nitrogen and oxygen atoms in total. The first-order chi connectivity index (χ1) is 10.9. The third-order valence-electron chi connectivity index (χ3n) is 3.12. The number of amidine groups is 1. The molecule has 0 aliphatic carbocycles. The summed E-state index contributed by atoms with van der Waals surface area (Å²) in [5.74, 6) is -0.532. The second-order valence-electron chi connectivity index (χ2n) is 5.14. The summed E-state index contributed by atoms with van der Waals surface area (Å²) in [4.78, 5) is 27.5. The van der Waals surface area contributed by atoms with Crippen LogP contribution in [-0.4, -0.2) is 54.3 Å². The molecule has 1 aliphatic rings. The van der Waals surface area contributed by atoms with Crippen molar-refractivity contribution >= 4 is 11.8 Å². The van der Waals surface area contributed by atoms with Crippen molar-refractivity contribution in [2.24, 2.45) is 4.99 Å². The largest absolute Gasteiger partial charge is 0.465 e. The number of carbonyl (C=O) groups excluding carboxylic acids is 1. The van der Waals surface area contributed by atoms with E-state index in [1.807, 2.05) is 6.92 Å². The average Bonchev–Trinajstić information content (AvgIpc) is 2.47. The lowest BCUT2D eigenvalue weighted by atomic mass is 10.2. The third kappa shape index (κ3) is 5.85. The van der Waals surface area contributed by atoms with Crippen molar-refractivity contribution in [3.05, 3.63) is 22.0 Å². The predicted molar refractivity (Wildman–Crippen MR) is 84.2 cm³/mol. The van der Waals surface area contributed by atoms with Gasteiger partial charge in [-0.2, -0.15) is 0 Å². The summed E-state index contributed by atoms with van der Waals surface area (Å²) in [6.45, 7) is 5.61. The molecule has 0 aromatic rings. The van der Waals surface area contributed by atoms with Gasteiger partial charge in [0.2, 0.25) is 12.2 Å². The van der Waals surface area contributed by atoms with Crippen molar-refractivity contribution in [2.75, 3.05) is 20.2 Å². The van der Waals surface area contributed by atoms with E-state index in [-0.39, 0.29) is 30.8 Å². The normalized spacial score (nSPS) is 20.7. The molecule has 0 saturated carbocycles. The molecule has 2 atom stereocenters. The van der Waals surface area contributed by atoms with Crippen LogP contribution in [-0.2, 0) is 14.3 Å². The number of hydrogen-bond acceptors (Lipinski definition) is 7. The van der Waals surface area contributed by atoms with Crippen LogP contribution in [0.3, 0.4) is 0 Å². The quantitative estimate of drug-likeness (QED) is 0.404. The lowest BCUT2D eigenvalue weighted by molar-refractivity contribution is -0.417. The van der Waals surface area contributed by atoms with Gasteiger partial charge in [-0.1, -0.05) is 13.3 Å². The highest BCUT2D eigenvalue weighted by Gasteiger charge is 2.31. The van der Waals surface area contributed by atoms with Gasteiger partial charge in [0.15, 0.2) is 0 Å². The maximum atomic E-state index is 11.4. The van der Waals surface area contributed by atoms with E-state index >= 15 is 0 Å². The summed E-state index contributed by atoms with van der Waals surface area (Å²) in [6, 6.07) is 0. The van der Waals surface area contributed by atoms with E-state index in [1.54, 1.807) is 18.9 Å². The van der Waals surface area contributed by atoms with Crippen molar-refractivity contribution in [1.29, 1.82) is 0 Å². The van der Waals surface area contributed by atoms with Crippen LogP contribution in [0.1, 0.15) is 33.6 Å². The van der Waals surface area contributed by atoms with Crippen LogP contribution in [0.15, 0.2) is 16.9 Å². The molecular weight excluding hydrogens is 304 g/mol. The molecule has 0 radical (unpaired) electrons. The molecule has 2 unspecified atom stereocenters.